The maximum atomic E-state index is 2.46. The highest BCUT2D eigenvalue weighted by atomic mass is 15.1. The summed E-state index contributed by atoms with van der Waals surface area (Å²) >= 11 is 0. The monoisotopic (exact) mass is 639 g/mol. The van der Waals surface area contributed by atoms with Crippen LogP contribution in [0, 0.1) is 0 Å². The fraction of sp³-hybridized carbons (Fsp3) is 0.0612. The van der Waals surface area contributed by atoms with Gasteiger partial charge >= 0.3 is 0 Å². The van der Waals surface area contributed by atoms with Gasteiger partial charge in [0.15, 0.2) is 0 Å². The first-order valence-corrected chi connectivity index (χ1v) is 17.4. The quantitative estimate of drug-likeness (QED) is 0.175. The Bertz CT molecular complexity index is 2480. The second-order valence-electron chi connectivity index (χ2n) is 13.8. The van der Waals surface area contributed by atoms with Crippen LogP contribution in [-0.4, -0.2) is 0 Å². The second-order valence-corrected chi connectivity index (χ2v) is 13.8. The lowest BCUT2D eigenvalue weighted by Gasteiger charge is -2.30. The van der Waals surface area contributed by atoms with Crippen molar-refractivity contribution in [2.24, 2.45) is 0 Å². The zero-order valence-electron chi connectivity index (χ0n) is 28.3. The van der Waals surface area contributed by atoms with Gasteiger partial charge in [-0.15, -0.1) is 0 Å². The number of hydrogen-bond acceptors (Lipinski definition) is 1. The highest BCUT2D eigenvalue weighted by molar-refractivity contribution is 5.96. The van der Waals surface area contributed by atoms with Crippen molar-refractivity contribution >= 4 is 27.8 Å². The van der Waals surface area contributed by atoms with Crippen molar-refractivity contribution in [1.29, 1.82) is 0 Å². The van der Waals surface area contributed by atoms with E-state index < -0.39 is 0 Å². The van der Waals surface area contributed by atoms with Crippen LogP contribution in [0.2, 0.25) is 0 Å². The van der Waals surface area contributed by atoms with Gasteiger partial charge in [-0.3, -0.25) is 0 Å². The molecular formula is C49H37N. The van der Waals surface area contributed by atoms with E-state index in [4.69, 9.17) is 0 Å². The molecule has 0 radical (unpaired) electrons. The average Bonchev–Trinajstić information content (AvgIpc) is 3.40. The van der Waals surface area contributed by atoms with Crippen molar-refractivity contribution in [3.63, 3.8) is 0 Å². The summed E-state index contributed by atoms with van der Waals surface area (Å²) in [4.78, 5) is 2.46. The fourth-order valence-electron chi connectivity index (χ4n) is 7.80. The molecule has 0 saturated heterocycles. The Hall–Kier alpha value is -6.18. The Morgan fingerprint density at radius 1 is 0.340 bits per heavy atom. The summed E-state index contributed by atoms with van der Waals surface area (Å²) in [5.74, 6) is 0. The third kappa shape index (κ3) is 5.11. The summed E-state index contributed by atoms with van der Waals surface area (Å²) in [5.41, 5.74) is 15.8. The summed E-state index contributed by atoms with van der Waals surface area (Å²) in [6.45, 7) is 4.75. The molecule has 0 amide bonds. The highest BCUT2D eigenvalue weighted by Crippen LogP contribution is 2.52. The predicted molar refractivity (Wildman–Crippen MR) is 213 cm³/mol. The van der Waals surface area contributed by atoms with Crippen LogP contribution in [0.3, 0.4) is 0 Å². The average molecular weight is 640 g/mol. The summed E-state index contributed by atoms with van der Waals surface area (Å²) in [5, 5.41) is 2.57. The van der Waals surface area contributed by atoms with Crippen LogP contribution in [0.5, 0.6) is 0 Å². The first-order chi connectivity index (χ1) is 24.5. The Morgan fingerprint density at radius 3 is 1.48 bits per heavy atom. The van der Waals surface area contributed by atoms with E-state index in [-0.39, 0.29) is 5.41 Å². The molecule has 0 fully saturated rings. The molecule has 0 unspecified atom stereocenters. The fourth-order valence-corrected chi connectivity index (χ4v) is 7.80. The minimum atomic E-state index is -0.151. The second kappa shape index (κ2) is 12.1. The smallest absolute Gasteiger partial charge is 0.0546 e. The Balaban J connectivity index is 1.27. The maximum Gasteiger partial charge on any atom is 0.0546 e. The number of rotatable bonds is 6. The highest BCUT2D eigenvalue weighted by Gasteiger charge is 2.36. The topological polar surface area (TPSA) is 3.24 Å². The predicted octanol–water partition coefficient (Wildman–Crippen LogP) is 13.6. The standard InChI is InChI=1S/C49H37N/c1-49(2)46-31-39-21-13-12-20-38(39)30-45(46)44-29-27-42(33-47(44)49)50(41-25-22-36(23-26-41)34-14-6-3-7-15-34)48-32-40(35-16-8-4-9-17-35)24-28-43(48)37-18-10-5-11-19-37/h3-33H,1-2H3. The van der Waals surface area contributed by atoms with Gasteiger partial charge in [0.25, 0.3) is 0 Å². The molecule has 8 aromatic carbocycles. The molecule has 9 rings (SSSR count). The summed E-state index contributed by atoms with van der Waals surface area (Å²) in [6.07, 6.45) is 0. The first kappa shape index (κ1) is 29.9. The van der Waals surface area contributed by atoms with Gasteiger partial charge in [-0.2, -0.15) is 0 Å². The molecule has 238 valence electrons. The molecule has 0 aliphatic heterocycles. The summed E-state index contributed by atoms with van der Waals surface area (Å²) in [6, 6.07) is 68.6. The van der Waals surface area contributed by atoms with Crippen LogP contribution in [0.4, 0.5) is 17.1 Å². The zero-order chi connectivity index (χ0) is 33.7. The molecule has 1 heteroatoms. The number of fused-ring (bicyclic) bond motifs is 4. The molecule has 0 aromatic heterocycles. The number of anilines is 3. The van der Waals surface area contributed by atoms with Crippen LogP contribution >= 0.6 is 0 Å². The van der Waals surface area contributed by atoms with Crippen LogP contribution < -0.4 is 4.90 Å². The van der Waals surface area contributed by atoms with Crippen molar-refractivity contribution in [3.8, 4) is 44.5 Å². The molecule has 1 nitrogen and oxygen atoms in total. The van der Waals surface area contributed by atoms with Gasteiger partial charge in [-0.1, -0.05) is 159 Å². The molecule has 50 heavy (non-hydrogen) atoms. The van der Waals surface area contributed by atoms with E-state index in [2.05, 4.69) is 207 Å². The SMILES string of the molecule is CC1(C)c2cc(N(c3ccc(-c4ccccc4)cc3)c3cc(-c4ccccc4)ccc3-c3ccccc3)ccc2-c2cc3ccccc3cc21. The molecule has 8 aromatic rings. The molecule has 0 bridgehead atoms. The van der Waals surface area contributed by atoms with Gasteiger partial charge in [0.1, 0.15) is 0 Å². The lowest BCUT2D eigenvalue weighted by atomic mass is 9.81. The molecule has 1 aliphatic carbocycles. The molecule has 0 heterocycles. The molecule has 0 atom stereocenters. The lowest BCUT2D eigenvalue weighted by Crippen LogP contribution is -2.17. The van der Waals surface area contributed by atoms with Gasteiger partial charge in [0, 0.05) is 22.4 Å². The Morgan fingerprint density at radius 2 is 0.820 bits per heavy atom. The summed E-state index contributed by atoms with van der Waals surface area (Å²) in [7, 11) is 0. The molecule has 0 spiro atoms. The number of nitrogens with zero attached hydrogens (tertiary/aromatic N) is 1. The van der Waals surface area contributed by atoms with E-state index in [1.165, 1.54) is 66.4 Å². The Labute approximate surface area is 294 Å². The minimum absolute atomic E-state index is 0.151. The van der Waals surface area contributed by atoms with Crippen molar-refractivity contribution in [2.45, 2.75) is 19.3 Å². The molecule has 1 aliphatic rings. The Kier molecular flexibility index (Phi) is 7.21. The third-order valence-corrected chi connectivity index (χ3v) is 10.4. The normalized spacial score (nSPS) is 12.8. The van der Waals surface area contributed by atoms with Crippen LogP contribution in [0.15, 0.2) is 188 Å². The zero-order valence-corrected chi connectivity index (χ0v) is 28.3. The molecule has 0 N–H and O–H groups in total. The van der Waals surface area contributed by atoms with Gasteiger partial charge < -0.3 is 4.90 Å². The molecule has 0 saturated carbocycles. The van der Waals surface area contributed by atoms with Crippen molar-refractivity contribution in [1.82, 2.24) is 0 Å². The van der Waals surface area contributed by atoms with E-state index in [0.29, 0.717) is 0 Å². The number of benzene rings is 8. The molecular weight excluding hydrogens is 603 g/mol. The minimum Gasteiger partial charge on any atom is -0.310 e. The van der Waals surface area contributed by atoms with Crippen molar-refractivity contribution < 1.29 is 0 Å². The van der Waals surface area contributed by atoms with E-state index in [0.717, 1.165) is 17.1 Å². The van der Waals surface area contributed by atoms with E-state index in [9.17, 15) is 0 Å². The van der Waals surface area contributed by atoms with E-state index >= 15 is 0 Å². The van der Waals surface area contributed by atoms with Gasteiger partial charge in [-0.05, 0) is 103 Å². The number of hydrogen-bond donors (Lipinski definition) is 0. The van der Waals surface area contributed by atoms with Crippen molar-refractivity contribution in [3.05, 3.63) is 199 Å². The first-order valence-electron chi connectivity index (χ1n) is 17.4. The van der Waals surface area contributed by atoms with E-state index in [1.807, 2.05) is 0 Å². The van der Waals surface area contributed by atoms with Gasteiger partial charge in [0.05, 0.1) is 5.69 Å². The lowest BCUT2D eigenvalue weighted by molar-refractivity contribution is 0.661. The third-order valence-electron chi connectivity index (χ3n) is 10.4. The van der Waals surface area contributed by atoms with Crippen LogP contribution in [-0.2, 0) is 5.41 Å². The largest absolute Gasteiger partial charge is 0.310 e. The van der Waals surface area contributed by atoms with E-state index in [1.54, 1.807) is 0 Å². The summed E-state index contributed by atoms with van der Waals surface area (Å²) < 4.78 is 0. The van der Waals surface area contributed by atoms with Crippen LogP contribution in [0.25, 0.3) is 55.3 Å². The van der Waals surface area contributed by atoms with Gasteiger partial charge in [0.2, 0.25) is 0 Å². The van der Waals surface area contributed by atoms with Crippen LogP contribution in [0.1, 0.15) is 25.0 Å². The van der Waals surface area contributed by atoms with Gasteiger partial charge in [-0.25, -0.2) is 0 Å². The maximum absolute atomic E-state index is 2.46. The van der Waals surface area contributed by atoms with Crippen molar-refractivity contribution in [2.75, 3.05) is 4.90 Å².